The van der Waals surface area contributed by atoms with Crippen LogP contribution in [-0.2, 0) is 26.1 Å². The van der Waals surface area contributed by atoms with Crippen molar-refractivity contribution in [1.82, 2.24) is 4.31 Å². The second-order valence-corrected chi connectivity index (χ2v) is 9.32. The lowest BCUT2D eigenvalue weighted by Gasteiger charge is -2.24. The van der Waals surface area contributed by atoms with Crippen LogP contribution in [0.4, 0.5) is 5.69 Å². The van der Waals surface area contributed by atoms with Gasteiger partial charge in [-0.2, -0.15) is 4.31 Å². The first-order chi connectivity index (χ1) is 14.3. The van der Waals surface area contributed by atoms with Gasteiger partial charge in [0.25, 0.3) is 11.7 Å². The largest absolute Gasteiger partial charge is 0.508 e. The third kappa shape index (κ3) is 3.49. The molecule has 1 fully saturated rings. The zero-order valence-electron chi connectivity index (χ0n) is 16.4. The van der Waals surface area contributed by atoms with E-state index in [2.05, 4.69) is 0 Å². The van der Waals surface area contributed by atoms with Gasteiger partial charge in [-0.15, -0.1) is 0 Å². The predicted octanol–water partition coefficient (Wildman–Crippen LogP) is 1.92. The molecule has 9 heteroatoms. The molecular weight excluding hydrogens is 408 g/mol. The van der Waals surface area contributed by atoms with Gasteiger partial charge in [0.05, 0.1) is 29.3 Å². The summed E-state index contributed by atoms with van der Waals surface area (Å²) in [6.07, 6.45) is 1.46. The Hall–Kier alpha value is -2.75. The minimum atomic E-state index is -3.81. The molecule has 0 bridgehead atoms. The number of nitrogens with zero attached hydrogens (tertiary/aromatic N) is 2. The van der Waals surface area contributed by atoms with E-state index in [4.69, 9.17) is 4.74 Å². The minimum Gasteiger partial charge on any atom is -0.508 e. The fraction of sp³-hybridized carbons (Fsp3) is 0.333. The van der Waals surface area contributed by atoms with E-state index in [0.717, 1.165) is 18.4 Å². The highest BCUT2D eigenvalue weighted by Crippen LogP contribution is 2.34. The maximum atomic E-state index is 13.1. The van der Waals surface area contributed by atoms with E-state index in [0.29, 0.717) is 18.8 Å². The smallest absolute Gasteiger partial charge is 0.299 e. The predicted molar refractivity (Wildman–Crippen MR) is 109 cm³/mol. The van der Waals surface area contributed by atoms with Crippen molar-refractivity contribution in [2.45, 2.75) is 30.3 Å². The number of hydrogen-bond acceptors (Lipinski definition) is 6. The number of fused-ring (bicyclic) bond motifs is 1. The van der Waals surface area contributed by atoms with Gasteiger partial charge in [0.1, 0.15) is 5.75 Å². The lowest BCUT2D eigenvalue weighted by molar-refractivity contribution is -0.114. The van der Waals surface area contributed by atoms with Crippen molar-refractivity contribution in [3.63, 3.8) is 0 Å². The number of phenolic OH excluding ortho intramolecular Hbond substituents is 1. The molecule has 4 rings (SSSR count). The number of carbonyl (C=O) groups excluding carboxylic acids is 2. The first-order valence-electron chi connectivity index (χ1n) is 9.62. The Balaban J connectivity index is 1.65. The summed E-state index contributed by atoms with van der Waals surface area (Å²) >= 11 is 0. The molecule has 1 amide bonds. The molecule has 8 nitrogen and oxygen atoms in total. The van der Waals surface area contributed by atoms with Crippen LogP contribution in [0.15, 0.2) is 47.4 Å². The number of sulfonamides is 1. The summed E-state index contributed by atoms with van der Waals surface area (Å²) in [5.74, 6) is -1.33. The topological polar surface area (TPSA) is 104 Å². The van der Waals surface area contributed by atoms with E-state index in [-0.39, 0.29) is 28.8 Å². The molecule has 2 aromatic carbocycles. The number of Topliss-reactive ketones (excluding diaryl/α,β-unsaturated/α-hetero) is 1. The molecule has 0 saturated carbocycles. The van der Waals surface area contributed by atoms with Crippen LogP contribution in [0.25, 0.3) is 0 Å². The van der Waals surface area contributed by atoms with Crippen molar-refractivity contribution in [1.29, 1.82) is 0 Å². The molecule has 1 unspecified atom stereocenters. The number of ketones is 1. The third-order valence-corrected chi connectivity index (χ3v) is 7.46. The normalized spacial score (nSPS) is 19.5. The van der Waals surface area contributed by atoms with Crippen molar-refractivity contribution in [3.8, 4) is 5.75 Å². The van der Waals surface area contributed by atoms with Crippen LogP contribution in [0.5, 0.6) is 5.75 Å². The monoisotopic (exact) mass is 430 g/mol. The number of carbonyl (C=O) groups is 2. The molecular formula is C21H22N2O6S. The van der Waals surface area contributed by atoms with Crippen LogP contribution in [0.3, 0.4) is 0 Å². The highest BCUT2D eigenvalue weighted by molar-refractivity contribution is 7.89. The van der Waals surface area contributed by atoms with Crippen molar-refractivity contribution in [2.24, 2.45) is 0 Å². The highest BCUT2D eigenvalue weighted by Gasteiger charge is 2.39. The summed E-state index contributed by atoms with van der Waals surface area (Å²) in [6.45, 7) is 0.848. The van der Waals surface area contributed by atoms with E-state index >= 15 is 0 Å². The number of anilines is 1. The molecule has 1 saturated heterocycles. The van der Waals surface area contributed by atoms with Gasteiger partial charge < -0.3 is 14.7 Å². The minimum absolute atomic E-state index is 0.00288. The summed E-state index contributed by atoms with van der Waals surface area (Å²) in [7, 11) is -2.28. The number of benzene rings is 2. The zero-order valence-corrected chi connectivity index (χ0v) is 17.3. The van der Waals surface area contributed by atoms with Gasteiger partial charge in [-0.25, -0.2) is 8.42 Å². The molecule has 0 aromatic heterocycles. The molecule has 0 spiro atoms. The van der Waals surface area contributed by atoms with Crippen LogP contribution in [0.2, 0.25) is 0 Å². The number of methoxy groups -OCH3 is 1. The zero-order chi connectivity index (χ0) is 21.5. The molecule has 1 N–H and O–H groups in total. The van der Waals surface area contributed by atoms with E-state index in [1.54, 1.807) is 12.1 Å². The average molecular weight is 430 g/mol. The fourth-order valence-electron chi connectivity index (χ4n) is 4.00. The second kappa shape index (κ2) is 7.82. The maximum absolute atomic E-state index is 13.1. The number of ether oxygens (including phenoxy) is 1. The quantitative estimate of drug-likeness (QED) is 0.702. The Bertz CT molecular complexity index is 1100. The van der Waals surface area contributed by atoms with Crippen LogP contribution >= 0.6 is 0 Å². The Morgan fingerprint density at radius 1 is 1.13 bits per heavy atom. The summed E-state index contributed by atoms with van der Waals surface area (Å²) in [5.41, 5.74) is 1.20. The van der Waals surface area contributed by atoms with Crippen molar-refractivity contribution in [3.05, 3.63) is 53.6 Å². The van der Waals surface area contributed by atoms with Gasteiger partial charge in [0.2, 0.25) is 10.0 Å². The van der Waals surface area contributed by atoms with Crippen molar-refractivity contribution >= 4 is 27.4 Å². The molecule has 0 aliphatic carbocycles. The van der Waals surface area contributed by atoms with Crippen LogP contribution in [0, 0.1) is 0 Å². The van der Waals surface area contributed by atoms with E-state index in [9.17, 15) is 23.1 Å². The van der Waals surface area contributed by atoms with Gasteiger partial charge in [0.15, 0.2) is 0 Å². The summed E-state index contributed by atoms with van der Waals surface area (Å²) in [5, 5.41) is 9.41. The molecule has 30 heavy (non-hydrogen) atoms. The summed E-state index contributed by atoms with van der Waals surface area (Å²) < 4.78 is 32.9. The average Bonchev–Trinajstić information content (AvgIpc) is 3.29. The number of hydrogen-bond donors (Lipinski definition) is 1. The number of phenols is 1. The van der Waals surface area contributed by atoms with Gasteiger partial charge in [-0.3, -0.25) is 9.59 Å². The van der Waals surface area contributed by atoms with Gasteiger partial charge in [0, 0.05) is 19.7 Å². The maximum Gasteiger partial charge on any atom is 0.299 e. The first kappa shape index (κ1) is 20.5. The van der Waals surface area contributed by atoms with Crippen LogP contribution < -0.4 is 4.90 Å². The molecule has 2 heterocycles. The number of aromatic hydroxyl groups is 1. The van der Waals surface area contributed by atoms with Gasteiger partial charge >= 0.3 is 0 Å². The highest BCUT2D eigenvalue weighted by atomic mass is 32.2. The molecule has 158 valence electrons. The van der Waals surface area contributed by atoms with Crippen LogP contribution in [-0.4, -0.2) is 55.8 Å². The first-order valence-corrected chi connectivity index (χ1v) is 11.1. The molecule has 2 aliphatic rings. The number of amides is 1. The molecule has 1 atom stereocenters. The van der Waals surface area contributed by atoms with E-state index in [1.165, 1.54) is 46.6 Å². The fourth-order valence-corrected chi connectivity index (χ4v) is 5.71. The van der Waals surface area contributed by atoms with Crippen molar-refractivity contribution in [2.75, 3.05) is 25.2 Å². The van der Waals surface area contributed by atoms with E-state index in [1.807, 2.05) is 0 Å². The van der Waals surface area contributed by atoms with Crippen LogP contribution in [0.1, 0.15) is 28.8 Å². The standard InChI is InChI=1S/C21H22N2O6S/c1-29-13-15-3-2-10-23(15)30(27,28)17-8-9-19-18(11-17)20(25)21(26)22(19)12-14-4-6-16(24)7-5-14/h4-9,11,15,24H,2-3,10,12-13H2,1H3. The lowest BCUT2D eigenvalue weighted by atomic mass is 10.1. The summed E-state index contributed by atoms with van der Waals surface area (Å²) in [6, 6.07) is 10.3. The van der Waals surface area contributed by atoms with Crippen molar-refractivity contribution < 1.29 is 27.9 Å². The molecule has 2 aromatic rings. The Morgan fingerprint density at radius 3 is 2.57 bits per heavy atom. The second-order valence-electron chi connectivity index (χ2n) is 7.43. The van der Waals surface area contributed by atoms with Gasteiger partial charge in [-0.05, 0) is 48.7 Å². The molecule has 2 aliphatic heterocycles. The Kier molecular flexibility index (Phi) is 5.35. The Labute approximate surface area is 174 Å². The lowest BCUT2D eigenvalue weighted by Crippen LogP contribution is -2.38. The molecule has 0 radical (unpaired) electrons. The summed E-state index contributed by atoms with van der Waals surface area (Å²) in [4.78, 5) is 26.4. The number of rotatable bonds is 6. The SMILES string of the molecule is COCC1CCCN1S(=O)(=O)c1ccc2c(c1)C(=O)C(=O)N2Cc1ccc(O)cc1. The third-order valence-electron chi connectivity index (χ3n) is 5.51. The van der Waals surface area contributed by atoms with E-state index < -0.39 is 21.7 Å². The van der Waals surface area contributed by atoms with Gasteiger partial charge in [-0.1, -0.05) is 12.1 Å². The Morgan fingerprint density at radius 2 is 1.87 bits per heavy atom.